The molecule has 4 aliphatic rings. The van der Waals surface area contributed by atoms with Gasteiger partial charge in [-0.05, 0) is 87.9 Å². The Morgan fingerprint density at radius 2 is 1.58 bits per heavy atom. The van der Waals surface area contributed by atoms with E-state index in [2.05, 4.69) is 6.92 Å². The number of carboxylic acid groups (broad SMARTS) is 1. The maximum absolute atomic E-state index is 12.1. The Kier molecular flexibility index (Phi) is 3.20. The molecular weight excluding hydrogens is 304 g/mol. The van der Waals surface area contributed by atoms with E-state index in [0.717, 1.165) is 38.5 Å². The smallest absolute Gasteiger partial charge is 0.309 e. The van der Waals surface area contributed by atoms with Gasteiger partial charge in [0.25, 0.3) is 0 Å². The average Bonchev–Trinajstić information content (AvgIpc) is 2.59. The summed E-state index contributed by atoms with van der Waals surface area (Å²) in [4.78, 5) is 12.1. The summed E-state index contributed by atoms with van der Waals surface area (Å²) in [5.74, 6) is 0.000648. The van der Waals surface area contributed by atoms with Gasteiger partial charge in [0.15, 0.2) is 0 Å². The summed E-state index contributed by atoms with van der Waals surface area (Å²) in [6.45, 7) is 6.08. The van der Waals surface area contributed by atoms with Crippen molar-refractivity contribution in [1.82, 2.24) is 0 Å². The molecule has 136 valence electrons. The molecule has 3 N–H and O–H groups in total. The van der Waals surface area contributed by atoms with Crippen LogP contribution in [0.1, 0.15) is 78.6 Å². The fraction of sp³-hybridized carbons (Fsp3) is 0.950. The van der Waals surface area contributed by atoms with Gasteiger partial charge in [0, 0.05) is 0 Å². The maximum Gasteiger partial charge on any atom is 0.309 e. The molecule has 24 heavy (non-hydrogen) atoms. The van der Waals surface area contributed by atoms with Crippen LogP contribution in [0.4, 0.5) is 0 Å². The zero-order valence-electron chi connectivity index (χ0n) is 15.3. The van der Waals surface area contributed by atoms with Gasteiger partial charge in [0.05, 0.1) is 16.6 Å². The molecule has 2 bridgehead atoms. The van der Waals surface area contributed by atoms with Gasteiger partial charge in [-0.2, -0.15) is 0 Å². The third-order valence-electron chi connectivity index (χ3n) is 9.12. The van der Waals surface area contributed by atoms with Gasteiger partial charge < -0.3 is 15.3 Å². The highest BCUT2D eigenvalue weighted by Gasteiger charge is 2.71. The van der Waals surface area contributed by atoms with Crippen LogP contribution < -0.4 is 0 Å². The van der Waals surface area contributed by atoms with E-state index >= 15 is 0 Å². The molecule has 4 fully saturated rings. The molecule has 0 amide bonds. The van der Waals surface area contributed by atoms with Crippen molar-refractivity contribution in [2.75, 3.05) is 0 Å². The maximum atomic E-state index is 12.1. The van der Waals surface area contributed by atoms with Crippen molar-refractivity contribution in [3.8, 4) is 0 Å². The molecule has 0 aliphatic heterocycles. The molecule has 4 rings (SSSR count). The third-order valence-corrected chi connectivity index (χ3v) is 9.12. The van der Waals surface area contributed by atoms with Crippen molar-refractivity contribution in [3.05, 3.63) is 0 Å². The zero-order chi connectivity index (χ0) is 17.6. The number of carboxylic acids is 1. The standard InChI is InChI=1S/C20H32O4/c1-16-7-4-8-17(2,15(21)22)13(16)5-9-19-11-18(3,23)20(24,12-19)10-6-14(16)19/h13-14,23-24H,4-12H2,1-3H3,(H,21,22)/t13-,14-,16+,17+,18-,19+,20-/m0/s1. The minimum Gasteiger partial charge on any atom is -0.481 e. The molecule has 1 spiro atoms. The topological polar surface area (TPSA) is 77.8 Å². The van der Waals surface area contributed by atoms with Gasteiger partial charge in [0.2, 0.25) is 0 Å². The summed E-state index contributed by atoms with van der Waals surface area (Å²) in [6, 6.07) is 0. The van der Waals surface area contributed by atoms with Crippen LogP contribution in [0.5, 0.6) is 0 Å². The molecule has 4 aliphatic carbocycles. The second-order valence-electron chi connectivity index (χ2n) is 10.3. The highest BCUT2D eigenvalue weighted by molar-refractivity contribution is 5.75. The van der Waals surface area contributed by atoms with Crippen LogP contribution in [-0.2, 0) is 4.79 Å². The first-order valence-corrected chi connectivity index (χ1v) is 9.67. The summed E-state index contributed by atoms with van der Waals surface area (Å²) in [6.07, 6.45) is 7.67. The summed E-state index contributed by atoms with van der Waals surface area (Å²) >= 11 is 0. The normalized spacial score (nSPS) is 59.5. The summed E-state index contributed by atoms with van der Waals surface area (Å²) < 4.78 is 0. The lowest BCUT2D eigenvalue weighted by Gasteiger charge is -2.63. The van der Waals surface area contributed by atoms with E-state index in [1.807, 2.05) is 6.92 Å². The van der Waals surface area contributed by atoms with Crippen LogP contribution in [0.25, 0.3) is 0 Å². The van der Waals surface area contributed by atoms with Gasteiger partial charge in [-0.15, -0.1) is 0 Å². The third kappa shape index (κ3) is 1.79. The molecule has 4 nitrogen and oxygen atoms in total. The largest absolute Gasteiger partial charge is 0.481 e. The van der Waals surface area contributed by atoms with Crippen molar-refractivity contribution in [1.29, 1.82) is 0 Å². The molecule has 0 aromatic carbocycles. The lowest BCUT2D eigenvalue weighted by atomic mass is 9.41. The predicted molar refractivity (Wildman–Crippen MR) is 90.4 cm³/mol. The molecule has 4 heteroatoms. The first-order valence-electron chi connectivity index (χ1n) is 9.67. The monoisotopic (exact) mass is 336 g/mol. The number of hydrogen-bond donors (Lipinski definition) is 3. The van der Waals surface area contributed by atoms with E-state index in [0.29, 0.717) is 25.2 Å². The minimum atomic E-state index is -1.00. The summed E-state index contributed by atoms with van der Waals surface area (Å²) in [5.41, 5.74) is -2.56. The molecule has 0 saturated heterocycles. The highest BCUT2D eigenvalue weighted by atomic mass is 16.4. The molecule has 4 saturated carbocycles. The van der Waals surface area contributed by atoms with Crippen molar-refractivity contribution in [2.45, 2.75) is 89.8 Å². The fourth-order valence-electron chi connectivity index (χ4n) is 8.02. The fourth-order valence-corrected chi connectivity index (χ4v) is 8.02. The van der Waals surface area contributed by atoms with Crippen LogP contribution in [0, 0.1) is 28.1 Å². The van der Waals surface area contributed by atoms with Gasteiger partial charge in [0.1, 0.15) is 0 Å². The average molecular weight is 336 g/mol. The zero-order valence-corrected chi connectivity index (χ0v) is 15.3. The number of fused-ring (bicyclic) bond motifs is 3. The van der Waals surface area contributed by atoms with Gasteiger partial charge in [-0.25, -0.2) is 0 Å². The lowest BCUT2D eigenvalue weighted by Crippen LogP contribution is -2.59. The highest BCUT2D eigenvalue weighted by Crippen LogP contribution is 2.73. The Bertz CT molecular complexity index is 582. The molecule has 0 aromatic heterocycles. The van der Waals surface area contributed by atoms with E-state index < -0.39 is 22.6 Å². The van der Waals surface area contributed by atoms with E-state index in [1.54, 1.807) is 6.92 Å². The number of hydrogen-bond acceptors (Lipinski definition) is 3. The summed E-state index contributed by atoms with van der Waals surface area (Å²) in [5, 5.41) is 31.8. The molecule has 0 unspecified atom stereocenters. The predicted octanol–water partition coefficient (Wildman–Crippen LogP) is 3.35. The SMILES string of the molecule is C[C@@]12CCC[C@@](C)(C(=O)O)[C@H]1CC[C@@]13C[C@@](O)(CC[C@H]12)[C@@](C)(O)C3. The van der Waals surface area contributed by atoms with Crippen LogP contribution >= 0.6 is 0 Å². The van der Waals surface area contributed by atoms with Crippen LogP contribution in [0.2, 0.25) is 0 Å². The van der Waals surface area contributed by atoms with Gasteiger partial charge >= 0.3 is 5.97 Å². The van der Waals surface area contributed by atoms with Crippen LogP contribution in [0.3, 0.4) is 0 Å². The van der Waals surface area contributed by atoms with E-state index in [1.165, 1.54) is 0 Å². The van der Waals surface area contributed by atoms with Crippen LogP contribution in [-0.4, -0.2) is 32.5 Å². The number of rotatable bonds is 1. The van der Waals surface area contributed by atoms with Crippen molar-refractivity contribution < 1.29 is 20.1 Å². The molecule has 0 heterocycles. The van der Waals surface area contributed by atoms with Crippen molar-refractivity contribution in [3.63, 3.8) is 0 Å². The number of carbonyl (C=O) groups is 1. The Morgan fingerprint density at radius 3 is 2.25 bits per heavy atom. The second kappa shape index (κ2) is 4.56. The Hall–Kier alpha value is -0.610. The first kappa shape index (κ1) is 16.8. The first-order chi connectivity index (χ1) is 11.0. The Labute approximate surface area is 144 Å². The van der Waals surface area contributed by atoms with Gasteiger partial charge in [-0.3, -0.25) is 4.79 Å². The van der Waals surface area contributed by atoms with E-state index in [-0.39, 0.29) is 16.7 Å². The van der Waals surface area contributed by atoms with Crippen molar-refractivity contribution in [2.24, 2.45) is 28.1 Å². The number of aliphatic hydroxyl groups is 2. The van der Waals surface area contributed by atoms with Gasteiger partial charge in [-0.1, -0.05) is 13.3 Å². The number of aliphatic carboxylic acids is 1. The van der Waals surface area contributed by atoms with E-state index in [4.69, 9.17) is 0 Å². The van der Waals surface area contributed by atoms with Crippen LogP contribution in [0.15, 0.2) is 0 Å². The summed E-state index contributed by atoms with van der Waals surface area (Å²) in [7, 11) is 0. The quantitative estimate of drug-likeness (QED) is 0.686. The Balaban J connectivity index is 1.76. The molecule has 7 atom stereocenters. The Morgan fingerprint density at radius 1 is 0.917 bits per heavy atom. The molecule has 0 radical (unpaired) electrons. The van der Waals surface area contributed by atoms with Crippen molar-refractivity contribution >= 4 is 5.97 Å². The molecular formula is C20H32O4. The minimum absolute atomic E-state index is 0.00148. The second-order valence-corrected chi connectivity index (χ2v) is 10.3. The molecule has 0 aromatic rings. The van der Waals surface area contributed by atoms with E-state index in [9.17, 15) is 20.1 Å². The lowest BCUT2D eigenvalue weighted by molar-refractivity contribution is -0.188.